The summed E-state index contributed by atoms with van der Waals surface area (Å²) in [6.07, 6.45) is -1.09. The number of phenols is 1. The van der Waals surface area contributed by atoms with Crippen molar-refractivity contribution in [2.75, 3.05) is 53.1 Å². The molecule has 0 radical (unpaired) electrons. The molecule has 15 nitrogen and oxygen atoms in total. The van der Waals surface area contributed by atoms with Gasteiger partial charge in [-0.05, 0) is 48.6 Å². The summed E-state index contributed by atoms with van der Waals surface area (Å²) in [6.45, 7) is -0.0852. The molecule has 0 aliphatic carbocycles. The van der Waals surface area contributed by atoms with Crippen LogP contribution in [0.15, 0.2) is 62.5 Å². The van der Waals surface area contributed by atoms with Gasteiger partial charge in [0.25, 0.3) is 10.1 Å². The van der Waals surface area contributed by atoms with Crippen LogP contribution in [0.5, 0.6) is 5.75 Å². The number of azo groups is 1. The zero-order valence-corrected chi connectivity index (χ0v) is 28.0. The summed E-state index contributed by atoms with van der Waals surface area (Å²) < 4.78 is 75.7. The van der Waals surface area contributed by atoms with Gasteiger partial charge in [-0.2, -0.15) is 40.4 Å². The van der Waals surface area contributed by atoms with Crippen molar-refractivity contribution >= 4 is 104 Å². The van der Waals surface area contributed by atoms with E-state index < -0.39 is 36.7 Å². The standard InChI is InChI=1S/C25H27FN8O7S5/c1-34(6-8-45(36,37)9-7-41-44)25-30-23(26)29-24(31-25)28-15-3-5-17(20(43)11-15)32-33-22-18(27-13-42)4-2-14-10-16(46(38,39)40)12-19(35)21(14)22/h2-5,10-12,27,35,42-44H,6-9,13H2,1H3,(H,38,39,40)(H,28,29,30,31). The molecule has 1 aromatic heterocycles. The second kappa shape index (κ2) is 15.0. The Morgan fingerprint density at radius 3 is 2.48 bits per heavy atom. The minimum Gasteiger partial charge on any atom is -0.507 e. The van der Waals surface area contributed by atoms with Crippen molar-refractivity contribution in [1.29, 1.82) is 0 Å². The first-order chi connectivity index (χ1) is 21.7. The average Bonchev–Trinajstić information content (AvgIpc) is 2.98. The Hall–Kier alpha value is -3.47. The number of hydrogen-bond acceptors (Lipinski definition) is 17. The minimum absolute atomic E-state index is 0.0142. The molecular weight excluding hydrogens is 704 g/mol. The number of phenolic OH excluding ortho intramolecular Hbond substituents is 1. The highest BCUT2D eigenvalue weighted by atomic mass is 32.2. The first-order valence-corrected chi connectivity index (χ1v) is 17.6. The van der Waals surface area contributed by atoms with Crippen molar-refractivity contribution in [3.8, 4) is 5.75 Å². The monoisotopic (exact) mass is 730 g/mol. The second-order valence-electron chi connectivity index (χ2n) is 9.48. The molecule has 0 atom stereocenters. The smallest absolute Gasteiger partial charge is 0.315 e. The number of nitrogens with zero attached hydrogens (tertiary/aromatic N) is 6. The summed E-state index contributed by atoms with van der Waals surface area (Å²) in [5.41, 5.74) is 1.29. The Kier molecular flexibility index (Phi) is 11.5. The van der Waals surface area contributed by atoms with Crippen molar-refractivity contribution in [2.45, 2.75) is 9.79 Å². The first kappa shape index (κ1) is 35.4. The maximum absolute atomic E-state index is 14.3. The van der Waals surface area contributed by atoms with Crippen molar-refractivity contribution in [2.24, 2.45) is 10.2 Å². The number of halogens is 1. The fourth-order valence-electron chi connectivity index (χ4n) is 4.01. The number of thiol groups is 3. The highest BCUT2D eigenvalue weighted by Gasteiger charge is 2.19. The maximum Gasteiger partial charge on any atom is 0.315 e. The molecule has 46 heavy (non-hydrogen) atoms. The van der Waals surface area contributed by atoms with Crippen LogP contribution in [-0.2, 0) is 24.1 Å². The van der Waals surface area contributed by atoms with Crippen molar-refractivity contribution in [3.05, 3.63) is 48.5 Å². The third kappa shape index (κ3) is 9.08. The Balaban J connectivity index is 1.57. The molecular formula is C25H27FN8O7S5. The summed E-state index contributed by atoms with van der Waals surface area (Å²) >= 11 is 12.2. The molecule has 0 amide bonds. The van der Waals surface area contributed by atoms with Crippen molar-refractivity contribution < 1.29 is 35.1 Å². The van der Waals surface area contributed by atoms with E-state index in [0.717, 1.165) is 6.07 Å². The fourth-order valence-corrected chi connectivity index (χ4v) is 6.28. The van der Waals surface area contributed by atoms with Crippen LogP contribution >= 0.6 is 38.2 Å². The SMILES string of the molecule is CN(CCS(=O)(=O)CCOS)c1nc(F)nc(Nc2ccc(N=Nc3c(NCS)ccc4cc(S(=O)(=O)O)cc(O)c34)c(S)c2)n1. The van der Waals surface area contributed by atoms with E-state index >= 15 is 0 Å². The Labute approximate surface area is 279 Å². The predicted octanol–water partition coefficient (Wildman–Crippen LogP) is 4.58. The molecule has 0 fully saturated rings. The fraction of sp³-hybridized carbons (Fsp3) is 0.240. The summed E-state index contributed by atoms with van der Waals surface area (Å²) in [5.74, 6) is -0.963. The van der Waals surface area contributed by atoms with Crippen molar-refractivity contribution in [1.82, 2.24) is 15.0 Å². The lowest BCUT2D eigenvalue weighted by atomic mass is 10.1. The first-order valence-electron chi connectivity index (χ1n) is 12.9. The maximum atomic E-state index is 14.3. The lowest BCUT2D eigenvalue weighted by molar-refractivity contribution is 0.409. The average molecular weight is 731 g/mol. The number of nitrogens with one attached hydrogen (secondary N) is 2. The third-order valence-electron chi connectivity index (χ3n) is 6.26. The van der Waals surface area contributed by atoms with Gasteiger partial charge < -0.3 is 24.8 Å². The van der Waals surface area contributed by atoms with Gasteiger partial charge in [0.1, 0.15) is 11.4 Å². The van der Waals surface area contributed by atoms with Crippen LogP contribution in [0.25, 0.3) is 10.8 Å². The van der Waals surface area contributed by atoms with Gasteiger partial charge in [0.2, 0.25) is 11.9 Å². The highest BCUT2D eigenvalue weighted by molar-refractivity contribution is 7.91. The Bertz CT molecular complexity index is 2000. The van der Waals surface area contributed by atoms with Gasteiger partial charge >= 0.3 is 6.08 Å². The van der Waals surface area contributed by atoms with E-state index in [2.05, 4.69) is 78.2 Å². The van der Waals surface area contributed by atoms with E-state index in [1.54, 1.807) is 24.3 Å². The number of rotatable bonds is 14. The number of fused-ring (bicyclic) bond motifs is 1. The number of anilines is 4. The van der Waals surface area contributed by atoms with E-state index in [1.165, 1.54) is 24.1 Å². The zero-order valence-electron chi connectivity index (χ0n) is 23.7. The molecule has 0 spiro atoms. The lowest BCUT2D eigenvalue weighted by Gasteiger charge is -2.17. The van der Waals surface area contributed by atoms with Crippen molar-refractivity contribution in [3.63, 3.8) is 0 Å². The quantitative estimate of drug-likeness (QED) is 0.0312. The zero-order chi connectivity index (χ0) is 33.6. The molecule has 4 rings (SSSR count). The molecule has 4 aromatic rings. The van der Waals surface area contributed by atoms with Crippen LogP contribution < -0.4 is 15.5 Å². The van der Waals surface area contributed by atoms with Gasteiger partial charge in [-0.3, -0.25) is 4.55 Å². The van der Waals surface area contributed by atoms with Gasteiger partial charge in [-0.15, -0.1) is 22.9 Å². The van der Waals surface area contributed by atoms with Gasteiger partial charge in [0.15, 0.2) is 9.84 Å². The molecule has 0 unspecified atom stereocenters. The van der Waals surface area contributed by atoms with Crippen LogP contribution in [0.3, 0.4) is 0 Å². The number of sulfone groups is 1. The summed E-state index contributed by atoms with van der Waals surface area (Å²) in [6, 6.07) is 9.88. The van der Waals surface area contributed by atoms with Gasteiger partial charge in [-0.25, -0.2) is 8.42 Å². The van der Waals surface area contributed by atoms with E-state index in [0.29, 0.717) is 22.0 Å². The summed E-state index contributed by atoms with van der Waals surface area (Å²) in [5, 5.41) is 25.5. The molecule has 0 bridgehead atoms. The number of hydrogen-bond donors (Lipinski definition) is 7. The lowest BCUT2D eigenvalue weighted by Crippen LogP contribution is -2.29. The second-order valence-corrected chi connectivity index (χ2v) is 14.3. The summed E-state index contributed by atoms with van der Waals surface area (Å²) in [7, 11) is -6.51. The van der Waals surface area contributed by atoms with Gasteiger partial charge in [0, 0.05) is 30.2 Å². The van der Waals surface area contributed by atoms with Crippen LogP contribution in [0, 0.1) is 6.08 Å². The normalized spacial score (nSPS) is 12.1. The van der Waals surface area contributed by atoms with E-state index in [4.69, 9.17) is 0 Å². The predicted molar refractivity (Wildman–Crippen MR) is 181 cm³/mol. The Morgan fingerprint density at radius 1 is 1.04 bits per heavy atom. The van der Waals surface area contributed by atoms with Gasteiger partial charge in [-0.1, -0.05) is 6.07 Å². The van der Waals surface area contributed by atoms with Crippen LogP contribution in [-0.4, -0.2) is 79.0 Å². The molecule has 0 aliphatic rings. The molecule has 3 aromatic carbocycles. The van der Waals surface area contributed by atoms with Crippen LogP contribution in [0.1, 0.15) is 0 Å². The van der Waals surface area contributed by atoms with Crippen LogP contribution in [0.2, 0.25) is 0 Å². The summed E-state index contributed by atoms with van der Waals surface area (Å²) in [4.78, 5) is 12.7. The van der Waals surface area contributed by atoms with Crippen LogP contribution in [0.4, 0.5) is 39.0 Å². The number of benzene rings is 3. The molecule has 246 valence electrons. The highest BCUT2D eigenvalue weighted by Crippen LogP contribution is 2.42. The third-order valence-corrected chi connectivity index (χ3v) is 9.38. The molecule has 0 saturated heterocycles. The molecule has 0 saturated carbocycles. The molecule has 1 heterocycles. The Morgan fingerprint density at radius 2 is 1.80 bits per heavy atom. The largest absolute Gasteiger partial charge is 0.507 e. The molecule has 0 aliphatic heterocycles. The number of aromatic nitrogens is 3. The van der Waals surface area contributed by atoms with Gasteiger partial charge in [0.05, 0.1) is 45.6 Å². The van der Waals surface area contributed by atoms with E-state index in [-0.39, 0.29) is 58.9 Å². The molecule has 4 N–H and O–H groups in total. The van der Waals surface area contributed by atoms with E-state index in [1.807, 2.05) is 0 Å². The molecule has 21 heteroatoms. The topological polar surface area (TPSA) is 209 Å². The van der Waals surface area contributed by atoms with E-state index in [9.17, 15) is 30.9 Å². The minimum atomic E-state index is -4.58. The number of aromatic hydroxyl groups is 1.